The number of benzene rings is 3. The van der Waals surface area contributed by atoms with Crippen molar-refractivity contribution in [2.75, 3.05) is 0 Å². The summed E-state index contributed by atoms with van der Waals surface area (Å²) >= 11 is 5.56. The lowest BCUT2D eigenvalue weighted by molar-refractivity contribution is 0.100. The molecule has 0 radical (unpaired) electrons. The number of carbonyl (C=O) groups excluding carboxylic acids is 1. The summed E-state index contributed by atoms with van der Waals surface area (Å²) in [6, 6.07) is 27.6. The third kappa shape index (κ3) is 5.25. The Labute approximate surface area is 147 Å². The van der Waals surface area contributed by atoms with Crippen LogP contribution in [0.2, 0.25) is 5.02 Å². The second-order valence-corrected chi connectivity index (χ2v) is 5.85. The molecule has 0 aliphatic rings. The molecule has 0 aromatic heterocycles. The van der Waals surface area contributed by atoms with Crippen LogP contribution in [0.15, 0.2) is 84.9 Å². The van der Waals surface area contributed by atoms with Gasteiger partial charge in [-0.3, -0.25) is 4.79 Å². The van der Waals surface area contributed by atoms with Gasteiger partial charge in [-0.25, -0.2) is 0 Å². The second kappa shape index (κ2) is 8.90. The van der Waals surface area contributed by atoms with Crippen molar-refractivity contribution in [2.24, 2.45) is 5.73 Å². The number of rotatable bonds is 3. The Kier molecular flexibility index (Phi) is 6.59. The van der Waals surface area contributed by atoms with Gasteiger partial charge in [-0.05, 0) is 35.4 Å². The van der Waals surface area contributed by atoms with E-state index in [2.05, 4.69) is 67.6 Å². The Morgan fingerprint density at radius 2 is 1.21 bits per heavy atom. The maximum absolute atomic E-state index is 10.5. The molecule has 0 unspecified atom stereocenters. The van der Waals surface area contributed by atoms with Crippen LogP contribution in [0.3, 0.4) is 0 Å². The van der Waals surface area contributed by atoms with Gasteiger partial charge in [-0.15, -0.1) is 0 Å². The Balaban J connectivity index is 0.000000185. The number of hydrogen-bond donors (Lipinski definition) is 1. The van der Waals surface area contributed by atoms with Crippen molar-refractivity contribution < 1.29 is 4.79 Å². The molecule has 0 heterocycles. The lowest BCUT2D eigenvalue weighted by Gasteiger charge is -2.11. The van der Waals surface area contributed by atoms with E-state index in [0.29, 0.717) is 16.5 Å². The van der Waals surface area contributed by atoms with E-state index in [9.17, 15) is 4.79 Å². The van der Waals surface area contributed by atoms with E-state index < -0.39 is 5.91 Å². The van der Waals surface area contributed by atoms with Gasteiger partial charge in [0.2, 0.25) is 5.91 Å². The van der Waals surface area contributed by atoms with Gasteiger partial charge in [0.1, 0.15) is 0 Å². The van der Waals surface area contributed by atoms with Crippen LogP contribution in [0.1, 0.15) is 34.3 Å². The summed E-state index contributed by atoms with van der Waals surface area (Å²) in [6.45, 7) is 2.24. The number of nitrogens with two attached hydrogens (primary N) is 1. The standard InChI is InChI=1S/C14H14.C7H6ClNO/c1-12(13-8-4-2-5-9-13)14-10-6-3-7-11-14;8-6-3-1-5(2-4-6)7(9)10/h2-12H,1H3;1-4H,(H2,9,10). The molecule has 1 amide bonds. The highest BCUT2D eigenvalue weighted by atomic mass is 35.5. The van der Waals surface area contributed by atoms with Crippen molar-refractivity contribution in [3.8, 4) is 0 Å². The van der Waals surface area contributed by atoms with Crippen LogP contribution in [0.5, 0.6) is 0 Å². The first-order chi connectivity index (χ1) is 11.6. The predicted molar refractivity (Wildman–Crippen MR) is 100 cm³/mol. The molecule has 3 aromatic rings. The molecule has 0 bridgehead atoms. The molecule has 3 aromatic carbocycles. The molecule has 0 saturated heterocycles. The topological polar surface area (TPSA) is 43.1 Å². The molecular weight excluding hydrogens is 318 g/mol. The fraction of sp³-hybridized carbons (Fsp3) is 0.0952. The molecule has 3 heteroatoms. The molecule has 3 rings (SSSR count). The van der Waals surface area contributed by atoms with Gasteiger partial charge in [-0.1, -0.05) is 79.2 Å². The van der Waals surface area contributed by atoms with Crippen molar-refractivity contribution >= 4 is 17.5 Å². The van der Waals surface area contributed by atoms with Gasteiger partial charge >= 0.3 is 0 Å². The minimum absolute atomic E-state index is 0.434. The molecule has 0 aliphatic heterocycles. The van der Waals surface area contributed by atoms with Crippen molar-refractivity contribution in [1.29, 1.82) is 0 Å². The van der Waals surface area contributed by atoms with E-state index in [1.165, 1.54) is 11.1 Å². The predicted octanol–water partition coefficient (Wildman–Crippen LogP) is 5.28. The summed E-state index contributed by atoms with van der Waals surface area (Å²) in [5, 5.41) is 0.602. The minimum atomic E-state index is -0.434. The van der Waals surface area contributed by atoms with Gasteiger partial charge in [0.05, 0.1) is 0 Å². The average Bonchev–Trinajstić information content (AvgIpc) is 2.63. The lowest BCUT2D eigenvalue weighted by atomic mass is 9.93. The maximum Gasteiger partial charge on any atom is 0.248 e. The van der Waals surface area contributed by atoms with Crippen molar-refractivity contribution in [3.05, 3.63) is 107 Å². The highest BCUT2D eigenvalue weighted by Gasteiger charge is 2.05. The highest BCUT2D eigenvalue weighted by molar-refractivity contribution is 6.30. The fourth-order valence-corrected chi connectivity index (χ4v) is 2.42. The highest BCUT2D eigenvalue weighted by Crippen LogP contribution is 2.22. The minimum Gasteiger partial charge on any atom is -0.366 e. The molecular formula is C21H20ClNO. The van der Waals surface area contributed by atoms with Gasteiger partial charge in [-0.2, -0.15) is 0 Å². The van der Waals surface area contributed by atoms with Gasteiger partial charge in [0.25, 0.3) is 0 Å². The molecule has 24 heavy (non-hydrogen) atoms. The van der Waals surface area contributed by atoms with E-state index in [4.69, 9.17) is 17.3 Å². The first kappa shape index (κ1) is 17.8. The van der Waals surface area contributed by atoms with Crippen LogP contribution in [0.25, 0.3) is 0 Å². The first-order valence-electron chi connectivity index (χ1n) is 7.73. The zero-order valence-corrected chi connectivity index (χ0v) is 14.3. The molecule has 0 saturated carbocycles. The summed E-state index contributed by atoms with van der Waals surface area (Å²) in [4.78, 5) is 10.5. The summed E-state index contributed by atoms with van der Waals surface area (Å²) in [6.07, 6.45) is 0. The van der Waals surface area contributed by atoms with Gasteiger partial charge in [0.15, 0.2) is 0 Å². The van der Waals surface area contributed by atoms with E-state index in [0.717, 1.165) is 0 Å². The molecule has 2 N–H and O–H groups in total. The lowest BCUT2D eigenvalue weighted by Crippen LogP contribution is -2.10. The average molecular weight is 338 g/mol. The quantitative estimate of drug-likeness (QED) is 0.694. The Morgan fingerprint density at radius 3 is 1.58 bits per heavy atom. The van der Waals surface area contributed by atoms with Gasteiger partial charge < -0.3 is 5.73 Å². The summed E-state index contributed by atoms with van der Waals surface area (Å²) in [5.41, 5.74) is 8.21. The third-order valence-corrected chi connectivity index (χ3v) is 3.98. The fourth-order valence-electron chi connectivity index (χ4n) is 2.29. The molecule has 0 atom stereocenters. The van der Waals surface area contributed by atoms with Crippen molar-refractivity contribution in [1.82, 2.24) is 0 Å². The normalized spacial score (nSPS) is 9.96. The number of amides is 1. The first-order valence-corrected chi connectivity index (χ1v) is 8.11. The van der Waals surface area contributed by atoms with E-state index in [-0.39, 0.29) is 0 Å². The molecule has 0 spiro atoms. The number of carbonyl (C=O) groups is 1. The van der Waals surface area contributed by atoms with Crippen LogP contribution >= 0.6 is 11.6 Å². The van der Waals surface area contributed by atoms with Crippen LogP contribution in [-0.4, -0.2) is 5.91 Å². The van der Waals surface area contributed by atoms with Crippen LogP contribution in [0.4, 0.5) is 0 Å². The molecule has 0 aliphatic carbocycles. The van der Waals surface area contributed by atoms with Crippen molar-refractivity contribution in [2.45, 2.75) is 12.8 Å². The third-order valence-electron chi connectivity index (χ3n) is 3.73. The summed E-state index contributed by atoms with van der Waals surface area (Å²) < 4.78 is 0. The maximum atomic E-state index is 10.5. The molecule has 2 nitrogen and oxygen atoms in total. The zero-order chi connectivity index (χ0) is 17.4. The Morgan fingerprint density at radius 1 is 0.792 bits per heavy atom. The second-order valence-electron chi connectivity index (χ2n) is 5.41. The zero-order valence-electron chi connectivity index (χ0n) is 13.5. The Hall–Kier alpha value is -2.58. The monoisotopic (exact) mass is 337 g/mol. The number of halogens is 1. The van der Waals surface area contributed by atoms with Crippen LogP contribution in [-0.2, 0) is 0 Å². The van der Waals surface area contributed by atoms with Crippen LogP contribution in [0, 0.1) is 0 Å². The summed E-state index contributed by atoms with van der Waals surface area (Å²) in [5.74, 6) is 0.0501. The van der Waals surface area contributed by atoms with E-state index >= 15 is 0 Å². The molecule has 0 fully saturated rings. The van der Waals surface area contributed by atoms with Gasteiger partial charge in [0, 0.05) is 16.5 Å². The molecule has 122 valence electrons. The number of hydrogen-bond acceptors (Lipinski definition) is 1. The van der Waals surface area contributed by atoms with E-state index in [1.54, 1.807) is 24.3 Å². The SMILES string of the molecule is CC(c1ccccc1)c1ccccc1.NC(=O)c1ccc(Cl)cc1. The smallest absolute Gasteiger partial charge is 0.248 e. The van der Waals surface area contributed by atoms with E-state index in [1.807, 2.05) is 0 Å². The summed E-state index contributed by atoms with van der Waals surface area (Å²) in [7, 11) is 0. The number of primary amides is 1. The van der Waals surface area contributed by atoms with Crippen molar-refractivity contribution in [3.63, 3.8) is 0 Å². The van der Waals surface area contributed by atoms with Crippen LogP contribution < -0.4 is 5.73 Å². The Bertz CT molecular complexity index is 715. The largest absolute Gasteiger partial charge is 0.366 e.